The number of amides is 2. The summed E-state index contributed by atoms with van der Waals surface area (Å²) >= 11 is 0. The molecule has 2 amide bonds. The van der Waals surface area contributed by atoms with Gasteiger partial charge in [0.05, 0.1) is 12.3 Å². The molecule has 0 radical (unpaired) electrons. The molecule has 1 aromatic heterocycles. The van der Waals surface area contributed by atoms with Crippen LogP contribution >= 0.6 is 0 Å². The lowest BCUT2D eigenvalue weighted by Crippen LogP contribution is -2.51. The molecule has 2 heterocycles. The summed E-state index contributed by atoms with van der Waals surface area (Å²) in [5.41, 5.74) is 6.08. The number of urea groups is 1. The largest absolute Gasteiger partial charge is 0.493 e. The van der Waals surface area contributed by atoms with E-state index in [1.807, 2.05) is 84.9 Å². The number of ether oxygens (including phenoxy) is 1. The zero-order valence-electron chi connectivity index (χ0n) is 17.9. The van der Waals surface area contributed by atoms with E-state index in [0.717, 1.165) is 28.3 Å². The second-order valence-electron chi connectivity index (χ2n) is 7.74. The minimum Gasteiger partial charge on any atom is -0.493 e. The third kappa shape index (κ3) is 4.26. The van der Waals surface area contributed by atoms with Crippen LogP contribution in [0.1, 0.15) is 11.3 Å². The molecule has 3 aromatic carbocycles. The fourth-order valence-corrected chi connectivity index (χ4v) is 3.85. The lowest BCUT2D eigenvalue weighted by Gasteiger charge is -2.26. The van der Waals surface area contributed by atoms with Gasteiger partial charge in [0.2, 0.25) is 12.2 Å². The number of nitrogens with zero attached hydrogens (tertiary/aromatic N) is 3. The van der Waals surface area contributed by atoms with Gasteiger partial charge in [-0.3, -0.25) is 0 Å². The number of quaternary nitrogens is 1. The quantitative estimate of drug-likeness (QED) is 0.386. The van der Waals surface area contributed by atoms with Gasteiger partial charge in [0.25, 0.3) is 0 Å². The Morgan fingerprint density at radius 1 is 0.909 bits per heavy atom. The Kier molecular flexibility index (Phi) is 5.70. The van der Waals surface area contributed by atoms with Gasteiger partial charge in [0.15, 0.2) is 0 Å². The van der Waals surface area contributed by atoms with Crippen molar-refractivity contribution in [3.05, 3.63) is 102 Å². The van der Waals surface area contributed by atoms with Crippen LogP contribution in [0.25, 0.3) is 11.5 Å². The van der Waals surface area contributed by atoms with E-state index >= 15 is 0 Å². The number of benzene rings is 3. The maximum Gasteiger partial charge on any atom is 0.448 e. The molecule has 0 saturated carbocycles. The van der Waals surface area contributed by atoms with E-state index < -0.39 is 0 Å². The van der Waals surface area contributed by atoms with Crippen molar-refractivity contribution in [1.29, 1.82) is 0 Å². The highest BCUT2D eigenvalue weighted by molar-refractivity contribution is 6.04. The van der Waals surface area contributed by atoms with Crippen LogP contribution in [-0.2, 0) is 13.0 Å². The molecule has 1 aliphatic rings. The van der Waals surface area contributed by atoms with Gasteiger partial charge < -0.3 is 9.15 Å². The monoisotopic (exact) mass is 439 g/mol. The average Bonchev–Trinajstić information content (AvgIpc) is 3.49. The molecular formula is C26H23N4O3+. The van der Waals surface area contributed by atoms with Crippen molar-refractivity contribution in [2.45, 2.75) is 13.0 Å². The molecule has 1 N–H and O–H groups in total. The third-order valence-electron chi connectivity index (χ3n) is 5.58. The second kappa shape index (κ2) is 9.10. The van der Waals surface area contributed by atoms with E-state index in [1.165, 1.54) is 0 Å². The second-order valence-corrected chi connectivity index (χ2v) is 7.74. The maximum atomic E-state index is 12.8. The van der Waals surface area contributed by atoms with E-state index in [4.69, 9.17) is 9.15 Å². The molecule has 1 atom stereocenters. The summed E-state index contributed by atoms with van der Waals surface area (Å²) in [6.07, 6.45) is 3.90. The minimum atomic E-state index is -0.202. The molecule has 0 spiro atoms. The van der Waals surface area contributed by atoms with Gasteiger partial charge in [-0.05, 0) is 24.3 Å². The van der Waals surface area contributed by atoms with Crippen LogP contribution in [-0.4, -0.2) is 24.0 Å². The predicted molar refractivity (Wildman–Crippen MR) is 127 cm³/mol. The number of hydrogen-bond donors (Lipinski definition) is 1. The van der Waals surface area contributed by atoms with E-state index in [9.17, 15) is 4.79 Å². The molecule has 7 heteroatoms. The normalized spacial score (nSPS) is 17.2. The smallest absolute Gasteiger partial charge is 0.448 e. The van der Waals surface area contributed by atoms with Crippen LogP contribution < -0.4 is 14.6 Å². The lowest BCUT2D eigenvalue weighted by molar-refractivity contribution is 0.225. The number of oxazole rings is 1. The van der Waals surface area contributed by atoms with Gasteiger partial charge >= 0.3 is 6.03 Å². The summed E-state index contributed by atoms with van der Waals surface area (Å²) in [6.45, 7) is 0.820. The van der Waals surface area contributed by atoms with E-state index in [-0.39, 0.29) is 10.5 Å². The summed E-state index contributed by atoms with van der Waals surface area (Å²) in [4.78, 5) is 17.4. The molecule has 0 bridgehead atoms. The number of para-hydroxylation sites is 2. The van der Waals surface area contributed by atoms with Crippen LogP contribution in [0.3, 0.4) is 0 Å². The Morgan fingerprint density at radius 2 is 1.64 bits per heavy atom. The van der Waals surface area contributed by atoms with Crippen molar-refractivity contribution in [2.24, 2.45) is 5.10 Å². The Labute approximate surface area is 191 Å². The molecule has 5 rings (SSSR count). The van der Waals surface area contributed by atoms with Crippen molar-refractivity contribution >= 4 is 18.1 Å². The summed E-state index contributed by atoms with van der Waals surface area (Å²) in [7, 11) is 0. The summed E-state index contributed by atoms with van der Waals surface area (Å²) in [6, 6.07) is 27.0. The minimum absolute atomic E-state index is 0.0507. The Bertz CT molecular complexity index is 1270. The number of carbonyl (C=O) groups is 1. The first-order valence-electron chi connectivity index (χ1n) is 10.7. The van der Waals surface area contributed by atoms with E-state index in [0.29, 0.717) is 25.5 Å². The van der Waals surface area contributed by atoms with Gasteiger partial charge in [0.1, 0.15) is 24.2 Å². The molecule has 1 unspecified atom stereocenters. The van der Waals surface area contributed by atoms with Crippen LogP contribution in [0.4, 0.5) is 10.5 Å². The molecule has 0 aliphatic carbocycles. The molecule has 4 aromatic rings. The molecule has 0 fully saturated rings. The van der Waals surface area contributed by atoms with Crippen molar-refractivity contribution < 1.29 is 13.9 Å². The Morgan fingerprint density at radius 3 is 2.39 bits per heavy atom. The topological polar surface area (TPSA) is 76.7 Å². The number of carbonyl (C=O) groups excluding carboxylic acids is 1. The summed E-state index contributed by atoms with van der Waals surface area (Å²) in [5, 5.41) is 4.04. The lowest BCUT2D eigenvalue weighted by atomic mass is 10.1. The summed E-state index contributed by atoms with van der Waals surface area (Å²) < 4.78 is 11.7. The molecule has 7 nitrogen and oxygen atoms in total. The highest BCUT2D eigenvalue weighted by Crippen LogP contribution is 2.30. The van der Waals surface area contributed by atoms with Crippen LogP contribution in [0.2, 0.25) is 0 Å². The van der Waals surface area contributed by atoms with Gasteiger partial charge in [0, 0.05) is 29.7 Å². The first-order chi connectivity index (χ1) is 16.2. The van der Waals surface area contributed by atoms with Crippen molar-refractivity contribution in [3.8, 4) is 17.2 Å². The fourth-order valence-electron chi connectivity index (χ4n) is 3.85. The number of nitrogens with one attached hydrogen (secondary N) is 1. The average molecular weight is 439 g/mol. The van der Waals surface area contributed by atoms with Crippen molar-refractivity contribution in [1.82, 2.24) is 14.9 Å². The van der Waals surface area contributed by atoms with Crippen LogP contribution in [0.15, 0.2) is 101 Å². The molecule has 0 saturated heterocycles. The van der Waals surface area contributed by atoms with Crippen molar-refractivity contribution in [2.75, 3.05) is 6.61 Å². The molecule has 164 valence electrons. The van der Waals surface area contributed by atoms with Gasteiger partial charge in [-0.1, -0.05) is 48.5 Å². The molecular weight excluding hydrogens is 416 g/mol. The highest BCUT2D eigenvalue weighted by atomic mass is 16.5. The Hall–Kier alpha value is -4.23. The first-order valence-corrected chi connectivity index (χ1v) is 10.7. The third-order valence-corrected chi connectivity index (χ3v) is 5.58. The Balaban J connectivity index is 1.30. The van der Waals surface area contributed by atoms with Gasteiger partial charge in [-0.25, -0.2) is 9.78 Å². The number of rotatable bonds is 8. The van der Waals surface area contributed by atoms with E-state index in [2.05, 4.69) is 15.5 Å². The fraction of sp³-hybridized carbons (Fsp3) is 0.115. The van der Waals surface area contributed by atoms with Gasteiger partial charge in [-0.15, -0.1) is 5.10 Å². The number of aromatic nitrogens is 1. The number of hydrazone groups is 1. The SMILES string of the molecule is O=C1NN=C[N+]1(Cc1ccccc1OCCc1coc(-c2ccccc2)n1)c1ccccc1. The standard InChI is InChI=1S/C26H22N4O3/c31-26-29-27-19-30(26,23-12-5-2-6-13-23)17-21-11-7-8-14-24(21)32-16-15-22-18-33-25(28-22)20-9-3-1-4-10-20/h1-14,18-19H,15-17H2/p+1. The zero-order valence-corrected chi connectivity index (χ0v) is 17.9. The van der Waals surface area contributed by atoms with Crippen LogP contribution in [0.5, 0.6) is 5.75 Å². The predicted octanol–water partition coefficient (Wildman–Crippen LogP) is 5.14. The van der Waals surface area contributed by atoms with Crippen molar-refractivity contribution in [3.63, 3.8) is 0 Å². The first kappa shape index (κ1) is 20.7. The zero-order chi connectivity index (χ0) is 22.5. The summed E-state index contributed by atoms with van der Waals surface area (Å²) in [5.74, 6) is 1.32. The highest BCUT2D eigenvalue weighted by Gasteiger charge is 2.43. The maximum absolute atomic E-state index is 12.8. The molecule has 33 heavy (non-hydrogen) atoms. The molecule has 1 aliphatic heterocycles. The van der Waals surface area contributed by atoms with E-state index in [1.54, 1.807) is 12.6 Å². The van der Waals surface area contributed by atoms with Gasteiger partial charge in [-0.2, -0.15) is 9.91 Å². The van der Waals surface area contributed by atoms with Crippen LogP contribution in [0, 0.1) is 0 Å². The number of hydrogen-bond acceptors (Lipinski definition) is 5.